The third kappa shape index (κ3) is 3.42. The number of hydrogen-bond acceptors (Lipinski definition) is 6. The Morgan fingerprint density at radius 3 is 2.77 bits per heavy atom. The van der Waals surface area contributed by atoms with Crippen LogP contribution in [0.3, 0.4) is 0 Å². The summed E-state index contributed by atoms with van der Waals surface area (Å²) in [5.41, 5.74) is 1.19. The van der Waals surface area contributed by atoms with Crippen LogP contribution in [-0.4, -0.2) is 74.2 Å². The number of ether oxygens (including phenoxy) is 1. The lowest BCUT2D eigenvalue weighted by atomic mass is 10.1. The molecule has 1 saturated heterocycles. The van der Waals surface area contributed by atoms with Crippen molar-refractivity contribution in [1.29, 1.82) is 0 Å². The fourth-order valence-corrected chi connectivity index (χ4v) is 4.05. The number of fused-ring (bicyclic) bond motifs is 1. The molecule has 0 saturated carbocycles. The Labute approximate surface area is 135 Å². The minimum Gasteiger partial charge on any atom is -0.384 e. The van der Waals surface area contributed by atoms with E-state index in [1.165, 1.54) is 10.6 Å². The quantitative estimate of drug-likeness (QED) is 0.820. The molecule has 2 aliphatic rings. The number of nitrogens with zero attached hydrogens (tertiary/aromatic N) is 4. The highest BCUT2D eigenvalue weighted by molar-refractivity contribution is 7.15. The first-order valence-corrected chi connectivity index (χ1v) is 8.68. The van der Waals surface area contributed by atoms with E-state index in [0.29, 0.717) is 19.6 Å². The number of anilines is 1. The van der Waals surface area contributed by atoms with Crippen LogP contribution in [0.1, 0.15) is 17.0 Å². The van der Waals surface area contributed by atoms with Gasteiger partial charge in [-0.15, -0.1) is 0 Å². The summed E-state index contributed by atoms with van der Waals surface area (Å²) >= 11 is 1.76. The highest BCUT2D eigenvalue weighted by atomic mass is 32.1. The van der Waals surface area contributed by atoms with Gasteiger partial charge in [0, 0.05) is 51.1 Å². The number of hydrogen-bond donors (Lipinski definition) is 0. The van der Waals surface area contributed by atoms with E-state index in [1.807, 2.05) is 4.90 Å². The van der Waals surface area contributed by atoms with Crippen molar-refractivity contribution in [2.75, 3.05) is 58.4 Å². The molecule has 3 heterocycles. The van der Waals surface area contributed by atoms with Gasteiger partial charge in [0.1, 0.15) is 0 Å². The Morgan fingerprint density at radius 1 is 1.27 bits per heavy atom. The molecule has 1 amide bonds. The van der Waals surface area contributed by atoms with Crippen LogP contribution >= 0.6 is 11.3 Å². The summed E-state index contributed by atoms with van der Waals surface area (Å²) in [5.74, 6) is 0.182. The van der Waals surface area contributed by atoms with Crippen LogP contribution in [0.2, 0.25) is 0 Å². The number of methoxy groups -OCH3 is 1. The topological polar surface area (TPSA) is 48.9 Å². The van der Waals surface area contributed by atoms with E-state index in [4.69, 9.17) is 9.72 Å². The molecule has 1 aromatic heterocycles. The van der Waals surface area contributed by atoms with Gasteiger partial charge in [0.25, 0.3) is 0 Å². The van der Waals surface area contributed by atoms with Crippen LogP contribution in [0.5, 0.6) is 0 Å². The molecule has 0 bridgehead atoms. The Morgan fingerprint density at radius 2 is 2.05 bits per heavy atom. The molecule has 0 N–H and O–H groups in total. The molecule has 0 aliphatic carbocycles. The van der Waals surface area contributed by atoms with E-state index >= 15 is 0 Å². The van der Waals surface area contributed by atoms with E-state index in [2.05, 4.69) is 16.8 Å². The van der Waals surface area contributed by atoms with Crippen molar-refractivity contribution in [3.05, 3.63) is 10.6 Å². The van der Waals surface area contributed by atoms with E-state index in [1.54, 1.807) is 18.4 Å². The average molecular weight is 324 g/mol. The number of carbonyl (C=O) groups is 1. The predicted octanol–water partition coefficient (Wildman–Crippen LogP) is 0.816. The first-order chi connectivity index (χ1) is 10.7. The highest BCUT2D eigenvalue weighted by Gasteiger charge is 2.26. The molecule has 0 spiro atoms. The zero-order chi connectivity index (χ0) is 15.5. The molecule has 0 unspecified atom stereocenters. The van der Waals surface area contributed by atoms with Crippen LogP contribution < -0.4 is 4.90 Å². The third-order valence-electron chi connectivity index (χ3n) is 4.37. The van der Waals surface area contributed by atoms with E-state index in [9.17, 15) is 4.79 Å². The SMILES string of the molecule is COCCC(=O)N1CCc2nc(N3CCN(C)CC3)sc2C1. The van der Waals surface area contributed by atoms with Gasteiger partial charge in [-0.05, 0) is 7.05 Å². The lowest BCUT2D eigenvalue weighted by Gasteiger charge is -2.32. The first-order valence-electron chi connectivity index (χ1n) is 7.86. The van der Waals surface area contributed by atoms with Crippen molar-refractivity contribution in [1.82, 2.24) is 14.8 Å². The van der Waals surface area contributed by atoms with Gasteiger partial charge in [-0.2, -0.15) is 0 Å². The summed E-state index contributed by atoms with van der Waals surface area (Å²) in [7, 11) is 3.79. The zero-order valence-corrected chi connectivity index (χ0v) is 14.2. The van der Waals surface area contributed by atoms with Gasteiger partial charge in [-0.3, -0.25) is 4.79 Å². The number of carbonyl (C=O) groups excluding carboxylic acids is 1. The van der Waals surface area contributed by atoms with Crippen molar-refractivity contribution in [2.24, 2.45) is 0 Å². The largest absolute Gasteiger partial charge is 0.384 e. The average Bonchev–Trinajstić information content (AvgIpc) is 2.96. The number of aromatic nitrogens is 1. The van der Waals surface area contributed by atoms with Crippen molar-refractivity contribution in [3.8, 4) is 0 Å². The summed E-state index contributed by atoms with van der Waals surface area (Å²) in [5, 5.41) is 1.13. The normalized spacial score (nSPS) is 19.4. The second-order valence-electron chi connectivity index (χ2n) is 5.96. The highest BCUT2D eigenvalue weighted by Crippen LogP contribution is 2.31. The van der Waals surface area contributed by atoms with Gasteiger partial charge < -0.3 is 19.4 Å². The molecule has 122 valence electrons. The van der Waals surface area contributed by atoms with Crippen LogP contribution in [-0.2, 0) is 22.5 Å². The molecule has 0 atom stereocenters. The molecule has 2 aliphatic heterocycles. The van der Waals surface area contributed by atoms with Crippen LogP contribution in [0.4, 0.5) is 5.13 Å². The van der Waals surface area contributed by atoms with E-state index in [-0.39, 0.29) is 5.91 Å². The molecule has 3 rings (SSSR count). The van der Waals surface area contributed by atoms with Gasteiger partial charge in [-0.25, -0.2) is 4.98 Å². The molecule has 6 nitrogen and oxygen atoms in total. The molecule has 0 radical (unpaired) electrons. The summed E-state index contributed by atoms with van der Waals surface area (Å²) in [4.78, 5) is 24.9. The van der Waals surface area contributed by atoms with Gasteiger partial charge in [-0.1, -0.05) is 11.3 Å². The van der Waals surface area contributed by atoms with E-state index < -0.39 is 0 Å². The molecular formula is C15H24N4O2S. The van der Waals surface area contributed by atoms with Crippen LogP contribution in [0.15, 0.2) is 0 Å². The molecule has 22 heavy (non-hydrogen) atoms. The summed E-state index contributed by atoms with van der Waals surface area (Å²) < 4.78 is 5.00. The van der Waals surface area contributed by atoms with Gasteiger partial charge in [0.2, 0.25) is 5.91 Å². The maximum atomic E-state index is 12.1. The number of likely N-dealkylation sites (N-methyl/N-ethyl adjacent to an activating group) is 1. The Bertz CT molecular complexity index is 526. The third-order valence-corrected chi connectivity index (χ3v) is 5.51. The van der Waals surface area contributed by atoms with Crippen molar-refractivity contribution >= 4 is 22.4 Å². The van der Waals surface area contributed by atoms with E-state index in [0.717, 1.165) is 44.3 Å². The number of amides is 1. The number of thiazole rings is 1. The summed E-state index contributed by atoms with van der Waals surface area (Å²) in [6, 6.07) is 0. The van der Waals surface area contributed by atoms with Gasteiger partial charge >= 0.3 is 0 Å². The second-order valence-corrected chi connectivity index (χ2v) is 7.03. The van der Waals surface area contributed by atoms with Crippen LogP contribution in [0, 0.1) is 0 Å². The maximum Gasteiger partial charge on any atom is 0.225 e. The fraction of sp³-hybridized carbons (Fsp3) is 0.733. The fourth-order valence-electron chi connectivity index (χ4n) is 2.88. The molecule has 1 fully saturated rings. The maximum absolute atomic E-state index is 12.1. The van der Waals surface area contributed by atoms with Gasteiger partial charge in [0.15, 0.2) is 5.13 Å². The lowest BCUT2D eigenvalue weighted by Crippen LogP contribution is -2.44. The first kappa shape index (κ1) is 15.7. The second kappa shape index (κ2) is 6.93. The standard InChI is InChI=1S/C15H24N4O2S/c1-17-6-8-18(9-7-17)15-16-12-3-5-19(11-13(12)22-15)14(20)4-10-21-2/h3-11H2,1-2H3. The molecule has 7 heteroatoms. The van der Waals surface area contributed by atoms with Crippen LogP contribution in [0.25, 0.3) is 0 Å². The summed E-state index contributed by atoms with van der Waals surface area (Å²) in [6.07, 6.45) is 1.34. The predicted molar refractivity (Wildman–Crippen MR) is 87.4 cm³/mol. The zero-order valence-electron chi connectivity index (χ0n) is 13.4. The summed E-state index contributed by atoms with van der Waals surface area (Å²) in [6.45, 7) is 6.25. The van der Waals surface area contributed by atoms with Crippen molar-refractivity contribution < 1.29 is 9.53 Å². The van der Waals surface area contributed by atoms with Crippen molar-refractivity contribution in [2.45, 2.75) is 19.4 Å². The molecule has 1 aromatic rings. The molecular weight excluding hydrogens is 300 g/mol. The van der Waals surface area contributed by atoms with Crippen molar-refractivity contribution in [3.63, 3.8) is 0 Å². The lowest BCUT2D eigenvalue weighted by molar-refractivity contribution is -0.133. The molecule has 0 aromatic carbocycles. The Hall–Kier alpha value is -1.18. The van der Waals surface area contributed by atoms with Gasteiger partial charge in [0.05, 0.1) is 25.3 Å². The number of rotatable bonds is 4. The minimum atomic E-state index is 0.182. The Balaban J connectivity index is 1.64. The smallest absolute Gasteiger partial charge is 0.225 e. The number of piperazine rings is 1. The Kier molecular flexibility index (Phi) is 4.95. The monoisotopic (exact) mass is 324 g/mol. The minimum absolute atomic E-state index is 0.182.